The lowest BCUT2D eigenvalue weighted by Crippen LogP contribution is -2.43. The molecule has 0 aromatic heterocycles. The first-order chi connectivity index (χ1) is 8.01. The van der Waals surface area contributed by atoms with Crippen LogP contribution in [-0.4, -0.2) is 12.1 Å². The Hall–Kier alpha value is -0.790. The summed E-state index contributed by atoms with van der Waals surface area (Å²) in [6, 6.07) is 0. The molecule has 0 spiro atoms. The number of fused-ring (bicyclic) bond motifs is 2. The second kappa shape index (κ2) is 3.60. The summed E-state index contributed by atoms with van der Waals surface area (Å²) in [5.74, 6) is 1.28. The highest BCUT2D eigenvalue weighted by Crippen LogP contribution is 2.55. The third kappa shape index (κ3) is 1.56. The first-order valence-corrected chi connectivity index (χ1v) is 6.88. The van der Waals surface area contributed by atoms with Gasteiger partial charge >= 0.3 is 5.97 Å². The summed E-state index contributed by atoms with van der Waals surface area (Å²) in [5, 5.41) is 0. The lowest BCUT2D eigenvalue weighted by atomic mass is 9.56. The highest BCUT2D eigenvalue weighted by Gasteiger charge is 2.53. The molecule has 2 aliphatic carbocycles. The van der Waals surface area contributed by atoms with E-state index in [-0.39, 0.29) is 18.0 Å². The van der Waals surface area contributed by atoms with Gasteiger partial charge in [0.1, 0.15) is 6.10 Å². The molecule has 5 atom stereocenters. The number of allylic oxidation sites excluding steroid dienone is 2. The molecular weight excluding hydrogens is 212 g/mol. The SMILES string of the molecule is CC1=CCCC2(C)CC3OC(=O)C(C)C3CC12. The van der Waals surface area contributed by atoms with Crippen molar-refractivity contribution in [1.82, 2.24) is 0 Å². The number of ether oxygens (including phenoxy) is 1. The number of carbonyl (C=O) groups excluding carboxylic acids is 1. The van der Waals surface area contributed by atoms with Crippen LogP contribution < -0.4 is 0 Å². The van der Waals surface area contributed by atoms with Gasteiger partial charge in [0.2, 0.25) is 0 Å². The maximum absolute atomic E-state index is 11.7. The van der Waals surface area contributed by atoms with Crippen molar-refractivity contribution in [2.24, 2.45) is 23.2 Å². The van der Waals surface area contributed by atoms with Crippen LogP contribution in [0.3, 0.4) is 0 Å². The molecule has 94 valence electrons. The zero-order valence-corrected chi connectivity index (χ0v) is 11.0. The molecule has 2 heteroatoms. The lowest BCUT2D eigenvalue weighted by Gasteiger charge is -2.48. The Balaban J connectivity index is 1.91. The van der Waals surface area contributed by atoms with Gasteiger partial charge in [-0.1, -0.05) is 25.5 Å². The Labute approximate surface area is 103 Å². The summed E-state index contributed by atoms with van der Waals surface area (Å²) in [6.07, 6.45) is 7.27. The molecule has 17 heavy (non-hydrogen) atoms. The van der Waals surface area contributed by atoms with Crippen molar-refractivity contribution < 1.29 is 9.53 Å². The molecule has 0 N–H and O–H groups in total. The smallest absolute Gasteiger partial charge is 0.309 e. The summed E-state index contributed by atoms with van der Waals surface area (Å²) in [7, 11) is 0. The monoisotopic (exact) mass is 234 g/mol. The van der Waals surface area contributed by atoms with Gasteiger partial charge in [-0.25, -0.2) is 0 Å². The topological polar surface area (TPSA) is 26.3 Å². The molecule has 3 rings (SSSR count). The van der Waals surface area contributed by atoms with Gasteiger partial charge in [-0.15, -0.1) is 0 Å². The van der Waals surface area contributed by atoms with E-state index in [0.717, 1.165) is 12.8 Å². The van der Waals surface area contributed by atoms with E-state index < -0.39 is 0 Å². The third-order valence-electron chi connectivity index (χ3n) is 5.51. The fourth-order valence-corrected chi connectivity index (χ4v) is 4.33. The van der Waals surface area contributed by atoms with Crippen LogP contribution in [0.4, 0.5) is 0 Å². The van der Waals surface area contributed by atoms with Crippen molar-refractivity contribution in [3.63, 3.8) is 0 Å². The fourth-order valence-electron chi connectivity index (χ4n) is 4.33. The highest BCUT2D eigenvalue weighted by atomic mass is 16.6. The molecular formula is C15H22O2. The van der Waals surface area contributed by atoms with Crippen LogP contribution in [0.2, 0.25) is 0 Å². The van der Waals surface area contributed by atoms with E-state index in [1.54, 1.807) is 5.57 Å². The Morgan fingerprint density at radius 2 is 2.24 bits per heavy atom. The van der Waals surface area contributed by atoms with Gasteiger partial charge < -0.3 is 4.74 Å². The molecule has 0 amide bonds. The second-order valence-electron chi connectivity index (χ2n) is 6.56. The van der Waals surface area contributed by atoms with E-state index in [2.05, 4.69) is 19.9 Å². The quantitative estimate of drug-likeness (QED) is 0.475. The second-order valence-corrected chi connectivity index (χ2v) is 6.56. The van der Waals surface area contributed by atoms with Crippen LogP contribution in [0.5, 0.6) is 0 Å². The fraction of sp³-hybridized carbons (Fsp3) is 0.800. The number of carbonyl (C=O) groups is 1. The molecule has 1 saturated carbocycles. The summed E-state index contributed by atoms with van der Waals surface area (Å²) >= 11 is 0. The predicted molar refractivity (Wildman–Crippen MR) is 66.4 cm³/mol. The van der Waals surface area contributed by atoms with Crippen molar-refractivity contribution in [1.29, 1.82) is 0 Å². The van der Waals surface area contributed by atoms with E-state index in [1.807, 2.05) is 6.92 Å². The first-order valence-electron chi connectivity index (χ1n) is 6.88. The Morgan fingerprint density at radius 3 is 3.00 bits per heavy atom. The minimum absolute atomic E-state index is 0.0314. The van der Waals surface area contributed by atoms with Crippen LogP contribution in [0.15, 0.2) is 11.6 Å². The standard InChI is InChI=1S/C15H22O2/c1-9-5-4-6-15(3)8-13-11(7-12(9)15)10(2)14(16)17-13/h5,10-13H,4,6-8H2,1-3H3. The van der Waals surface area contributed by atoms with Crippen LogP contribution in [0.25, 0.3) is 0 Å². The molecule has 0 aromatic rings. The van der Waals surface area contributed by atoms with Crippen molar-refractivity contribution in [2.45, 2.75) is 52.6 Å². The maximum Gasteiger partial charge on any atom is 0.309 e. The van der Waals surface area contributed by atoms with Gasteiger partial charge in [-0.2, -0.15) is 0 Å². The van der Waals surface area contributed by atoms with Gasteiger partial charge in [-0.3, -0.25) is 4.79 Å². The molecule has 3 aliphatic rings. The lowest BCUT2D eigenvalue weighted by molar-refractivity contribution is -0.145. The Kier molecular flexibility index (Phi) is 2.39. The number of esters is 1. The zero-order valence-electron chi connectivity index (χ0n) is 11.0. The predicted octanol–water partition coefficient (Wildman–Crippen LogP) is 3.32. The summed E-state index contributed by atoms with van der Waals surface area (Å²) in [6.45, 7) is 6.70. The van der Waals surface area contributed by atoms with Crippen molar-refractivity contribution in [3.8, 4) is 0 Å². The molecule has 0 aromatic carbocycles. The molecule has 1 heterocycles. The van der Waals surface area contributed by atoms with Gasteiger partial charge in [0.05, 0.1) is 5.92 Å². The highest BCUT2D eigenvalue weighted by molar-refractivity contribution is 5.75. The summed E-state index contributed by atoms with van der Waals surface area (Å²) in [4.78, 5) is 11.7. The maximum atomic E-state index is 11.7. The van der Waals surface area contributed by atoms with Crippen LogP contribution in [-0.2, 0) is 9.53 Å². The van der Waals surface area contributed by atoms with Crippen LogP contribution >= 0.6 is 0 Å². The first kappa shape index (κ1) is 11.3. The normalized spacial score (nSPS) is 49.1. The minimum atomic E-state index is 0.0314. The van der Waals surface area contributed by atoms with Crippen LogP contribution in [0.1, 0.15) is 46.5 Å². The molecule has 5 unspecified atom stereocenters. The van der Waals surface area contributed by atoms with Crippen molar-refractivity contribution in [2.75, 3.05) is 0 Å². The molecule has 2 fully saturated rings. The van der Waals surface area contributed by atoms with Gasteiger partial charge in [0, 0.05) is 5.92 Å². The van der Waals surface area contributed by atoms with Crippen molar-refractivity contribution in [3.05, 3.63) is 11.6 Å². The number of rotatable bonds is 0. The molecule has 2 nitrogen and oxygen atoms in total. The Morgan fingerprint density at radius 1 is 1.47 bits per heavy atom. The van der Waals surface area contributed by atoms with E-state index in [1.165, 1.54) is 12.8 Å². The van der Waals surface area contributed by atoms with Gasteiger partial charge in [0.25, 0.3) is 0 Å². The third-order valence-corrected chi connectivity index (χ3v) is 5.51. The largest absolute Gasteiger partial charge is 0.462 e. The number of hydrogen-bond acceptors (Lipinski definition) is 2. The summed E-state index contributed by atoms with van der Waals surface area (Å²) < 4.78 is 5.57. The van der Waals surface area contributed by atoms with E-state index >= 15 is 0 Å². The Bertz CT molecular complexity index is 384. The van der Waals surface area contributed by atoms with E-state index in [9.17, 15) is 4.79 Å². The minimum Gasteiger partial charge on any atom is -0.462 e. The summed E-state index contributed by atoms with van der Waals surface area (Å²) in [5.41, 5.74) is 1.91. The molecule has 1 saturated heterocycles. The average molecular weight is 234 g/mol. The van der Waals surface area contributed by atoms with Crippen molar-refractivity contribution >= 4 is 5.97 Å². The average Bonchev–Trinajstić information content (AvgIpc) is 2.52. The molecule has 1 aliphatic heterocycles. The van der Waals surface area contributed by atoms with Crippen LogP contribution in [0, 0.1) is 23.2 Å². The zero-order chi connectivity index (χ0) is 12.2. The van der Waals surface area contributed by atoms with E-state index in [4.69, 9.17) is 4.74 Å². The molecule has 0 bridgehead atoms. The number of hydrogen-bond donors (Lipinski definition) is 0. The molecule has 0 radical (unpaired) electrons. The van der Waals surface area contributed by atoms with Gasteiger partial charge in [-0.05, 0) is 43.9 Å². The van der Waals surface area contributed by atoms with E-state index in [0.29, 0.717) is 17.3 Å². The van der Waals surface area contributed by atoms with Gasteiger partial charge in [0.15, 0.2) is 0 Å².